The van der Waals surface area contributed by atoms with Crippen LogP contribution in [0.1, 0.15) is 24.6 Å². The molecule has 2 rings (SSSR count). The predicted molar refractivity (Wildman–Crippen MR) is 97.1 cm³/mol. The Kier molecular flexibility index (Phi) is 6.41. The summed E-state index contributed by atoms with van der Waals surface area (Å²) in [7, 11) is 0. The van der Waals surface area contributed by atoms with Gasteiger partial charge in [-0.3, -0.25) is 9.59 Å². The molecule has 1 aromatic carbocycles. The number of H-pyrrole nitrogens is 1. The molecule has 0 saturated heterocycles. The average molecular weight is 396 g/mol. The average Bonchev–Trinajstić information content (AvgIpc) is 2.49. The number of carbonyl (C=O) groups is 1. The minimum Gasteiger partial charge on any atom is -0.325 e. The molecule has 0 bridgehead atoms. The smallest absolute Gasteiger partial charge is 0.251 e. The van der Waals surface area contributed by atoms with E-state index < -0.39 is 0 Å². The Morgan fingerprint density at radius 3 is 2.87 bits per heavy atom. The number of nitrogens with zero attached hydrogens (tertiary/aromatic N) is 1. The monoisotopic (exact) mass is 395 g/mol. The molecule has 0 unspecified atom stereocenters. The van der Waals surface area contributed by atoms with Crippen molar-refractivity contribution in [2.75, 3.05) is 11.1 Å². The van der Waals surface area contributed by atoms with E-state index in [2.05, 4.69) is 31.2 Å². The van der Waals surface area contributed by atoms with E-state index in [0.717, 1.165) is 34.3 Å². The maximum absolute atomic E-state index is 12.0. The van der Waals surface area contributed by atoms with Crippen molar-refractivity contribution in [3.05, 3.63) is 50.3 Å². The van der Waals surface area contributed by atoms with Gasteiger partial charge < -0.3 is 10.3 Å². The fourth-order valence-electron chi connectivity index (χ4n) is 1.99. The number of aryl methyl sites for hydroxylation is 2. The van der Waals surface area contributed by atoms with Crippen molar-refractivity contribution in [2.24, 2.45) is 0 Å². The second-order valence-corrected chi connectivity index (χ2v) is 6.91. The molecule has 5 nitrogen and oxygen atoms in total. The van der Waals surface area contributed by atoms with Gasteiger partial charge in [-0.2, -0.15) is 0 Å². The lowest BCUT2D eigenvalue weighted by Gasteiger charge is -2.07. The Labute approximate surface area is 147 Å². The number of halogens is 1. The van der Waals surface area contributed by atoms with Crippen LogP contribution in [0.25, 0.3) is 0 Å². The van der Waals surface area contributed by atoms with Gasteiger partial charge in [0.2, 0.25) is 5.91 Å². The van der Waals surface area contributed by atoms with Crippen LogP contribution in [0.3, 0.4) is 0 Å². The third-order valence-corrected chi connectivity index (χ3v) is 4.82. The highest BCUT2D eigenvalue weighted by Crippen LogP contribution is 2.20. The number of nitrogens with one attached hydrogen (secondary N) is 2. The maximum atomic E-state index is 12.0. The highest BCUT2D eigenvalue weighted by atomic mass is 79.9. The van der Waals surface area contributed by atoms with E-state index in [4.69, 9.17) is 0 Å². The summed E-state index contributed by atoms with van der Waals surface area (Å²) in [5.41, 5.74) is 2.36. The van der Waals surface area contributed by atoms with Gasteiger partial charge in [-0.1, -0.05) is 41.0 Å². The lowest BCUT2D eigenvalue weighted by molar-refractivity contribution is -0.113. The summed E-state index contributed by atoms with van der Waals surface area (Å²) in [6.45, 7) is 3.99. The molecule has 0 atom stereocenters. The first-order valence-electron chi connectivity index (χ1n) is 7.27. The Morgan fingerprint density at radius 1 is 1.39 bits per heavy atom. The summed E-state index contributed by atoms with van der Waals surface area (Å²) in [5.74, 6) is 0.0495. The van der Waals surface area contributed by atoms with Crippen molar-refractivity contribution in [1.82, 2.24) is 9.97 Å². The van der Waals surface area contributed by atoms with E-state index in [1.54, 1.807) is 0 Å². The number of anilines is 1. The number of rotatable bonds is 6. The Morgan fingerprint density at radius 2 is 2.17 bits per heavy atom. The van der Waals surface area contributed by atoms with Gasteiger partial charge in [-0.05, 0) is 37.1 Å². The zero-order chi connectivity index (χ0) is 16.8. The number of hydrogen-bond donors (Lipinski definition) is 2. The number of benzene rings is 1. The predicted octanol–water partition coefficient (Wildman–Crippen LogP) is 3.52. The SMILES string of the molecule is CCCc1cc(=O)[nH]c(SCC(=O)Nc2ccc(Br)c(C)c2)n1. The zero-order valence-electron chi connectivity index (χ0n) is 13.0. The first kappa shape index (κ1) is 17.7. The molecule has 0 spiro atoms. The number of amides is 1. The molecular formula is C16H18BrN3O2S. The zero-order valence-corrected chi connectivity index (χ0v) is 15.4. The molecule has 0 aliphatic heterocycles. The van der Waals surface area contributed by atoms with Gasteiger partial charge in [-0.25, -0.2) is 4.98 Å². The highest BCUT2D eigenvalue weighted by Gasteiger charge is 2.07. The van der Waals surface area contributed by atoms with E-state index in [1.807, 2.05) is 32.0 Å². The largest absolute Gasteiger partial charge is 0.325 e. The number of thioether (sulfide) groups is 1. The summed E-state index contributed by atoms with van der Waals surface area (Å²) in [6, 6.07) is 7.12. The maximum Gasteiger partial charge on any atom is 0.251 e. The van der Waals surface area contributed by atoms with Gasteiger partial charge in [0.1, 0.15) is 0 Å². The lowest BCUT2D eigenvalue weighted by atomic mass is 10.2. The minimum atomic E-state index is -0.185. The molecule has 0 saturated carbocycles. The fraction of sp³-hybridized carbons (Fsp3) is 0.312. The van der Waals surface area contributed by atoms with Gasteiger partial charge in [0.05, 0.1) is 5.75 Å². The molecule has 23 heavy (non-hydrogen) atoms. The summed E-state index contributed by atoms with van der Waals surface area (Å²) in [6.07, 6.45) is 1.67. The second kappa shape index (κ2) is 8.31. The number of carbonyl (C=O) groups excluding carboxylic acids is 1. The van der Waals surface area contributed by atoms with Gasteiger partial charge in [0.25, 0.3) is 5.56 Å². The van der Waals surface area contributed by atoms with Gasteiger partial charge in [0.15, 0.2) is 5.16 Å². The minimum absolute atomic E-state index is 0.139. The van der Waals surface area contributed by atoms with Crippen LogP contribution in [0.4, 0.5) is 5.69 Å². The topological polar surface area (TPSA) is 74.8 Å². The van der Waals surface area contributed by atoms with E-state index >= 15 is 0 Å². The Bertz CT molecular complexity index is 761. The van der Waals surface area contributed by atoms with E-state index in [-0.39, 0.29) is 17.2 Å². The van der Waals surface area contributed by atoms with Crippen molar-refractivity contribution >= 4 is 39.3 Å². The van der Waals surface area contributed by atoms with E-state index in [0.29, 0.717) is 5.16 Å². The molecule has 2 N–H and O–H groups in total. The summed E-state index contributed by atoms with van der Waals surface area (Å²) in [5, 5.41) is 3.31. The van der Waals surface area contributed by atoms with Crippen molar-refractivity contribution < 1.29 is 4.79 Å². The highest BCUT2D eigenvalue weighted by molar-refractivity contribution is 9.10. The molecule has 1 amide bonds. The number of aromatic amines is 1. The van der Waals surface area contributed by atoms with Crippen LogP contribution >= 0.6 is 27.7 Å². The second-order valence-electron chi connectivity index (χ2n) is 5.09. The van der Waals surface area contributed by atoms with Crippen molar-refractivity contribution in [2.45, 2.75) is 31.8 Å². The molecule has 1 heterocycles. The van der Waals surface area contributed by atoms with Crippen LogP contribution in [0.15, 0.2) is 38.7 Å². The van der Waals surface area contributed by atoms with Crippen LogP contribution < -0.4 is 10.9 Å². The first-order valence-corrected chi connectivity index (χ1v) is 9.05. The first-order chi connectivity index (χ1) is 11.0. The normalized spacial score (nSPS) is 10.6. The van der Waals surface area contributed by atoms with E-state index in [1.165, 1.54) is 17.8 Å². The molecular weight excluding hydrogens is 378 g/mol. The number of aromatic nitrogens is 2. The third-order valence-electron chi connectivity index (χ3n) is 3.06. The molecule has 1 aromatic heterocycles. The van der Waals surface area contributed by atoms with Gasteiger partial charge >= 0.3 is 0 Å². The van der Waals surface area contributed by atoms with Crippen LogP contribution in [0, 0.1) is 6.92 Å². The Hall–Kier alpha value is -1.60. The standard InChI is InChI=1S/C16H18BrN3O2S/c1-3-4-11-8-14(21)20-16(19-11)23-9-15(22)18-12-5-6-13(17)10(2)7-12/h5-8H,3-4,9H2,1-2H3,(H,18,22)(H,19,20,21). The van der Waals surface area contributed by atoms with Gasteiger partial charge in [-0.15, -0.1) is 0 Å². The van der Waals surface area contributed by atoms with Crippen molar-refractivity contribution in [1.29, 1.82) is 0 Å². The molecule has 0 fully saturated rings. The van der Waals surface area contributed by atoms with Crippen LogP contribution in [-0.2, 0) is 11.2 Å². The Balaban J connectivity index is 1.96. The quantitative estimate of drug-likeness (QED) is 0.579. The lowest BCUT2D eigenvalue weighted by Crippen LogP contribution is -2.16. The van der Waals surface area contributed by atoms with Crippen LogP contribution in [0.5, 0.6) is 0 Å². The summed E-state index contributed by atoms with van der Waals surface area (Å²) in [4.78, 5) is 30.6. The van der Waals surface area contributed by atoms with Crippen molar-refractivity contribution in [3.63, 3.8) is 0 Å². The fourth-order valence-corrected chi connectivity index (χ4v) is 2.93. The number of hydrogen-bond acceptors (Lipinski definition) is 4. The van der Waals surface area contributed by atoms with Crippen LogP contribution in [0.2, 0.25) is 0 Å². The van der Waals surface area contributed by atoms with E-state index in [9.17, 15) is 9.59 Å². The molecule has 122 valence electrons. The molecule has 0 aliphatic rings. The van der Waals surface area contributed by atoms with Gasteiger partial charge in [0, 0.05) is 21.9 Å². The summed E-state index contributed by atoms with van der Waals surface area (Å²) < 4.78 is 0.999. The molecule has 0 aliphatic carbocycles. The summed E-state index contributed by atoms with van der Waals surface area (Å²) >= 11 is 4.65. The third kappa shape index (κ3) is 5.51. The molecule has 0 radical (unpaired) electrons. The molecule has 2 aromatic rings. The molecule has 7 heteroatoms. The van der Waals surface area contributed by atoms with Crippen molar-refractivity contribution in [3.8, 4) is 0 Å². The van der Waals surface area contributed by atoms with Crippen LogP contribution in [-0.4, -0.2) is 21.6 Å².